The fourth-order valence-corrected chi connectivity index (χ4v) is 3.10. The van der Waals surface area contributed by atoms with Crippen LogP contribution < -0.4 is 5.73 Å². The van der Waals surface area contributed by atoms with Gasteiger partial charge in [0.15, 0.2) is 0 Å². The van der Waals surface area contributed by atoms with E-state index < -0.39 is 0 Å². The first-order valence-corrected chi connectivity index (χ1v) is 7.76. The number of nitrogens with two attached hydrogens (primary N) is 1. The van der Waals surface area contributed by atoms with Crippen LogP contribution in [0.5, 0.6) is 0 Å². The molecule has 3 nitrogen and oxygen atoms in total. The predicted octanol–water partition coefficient (Wildman–Crippen LogP) is 2.25. The summed E-state index contributed by atoms with van der Waals surface area (Å²) >= 11 is 0. The predicted molar refractivity (Wildman–Crippen MR) is 75.6 cm³/mol. The molecule has 2 fully saturated rings. The van der Waals surface area contributed by atoms with Gasteiger partial charge in [0.2, 0.25) is 0 Å². The van der Waals surface area contributed by atoms with Gasteiger partial charge in [0.05, 0.1) is 6.61 Å². The Hall–Kier alpha value is -0.120. The lowest BCUT2D eigenvalue weighted by Crippen LogP contribution is -2.49. The van der Waals surface area contributed by atoms with E-state index in [1.54, 1.807) is 0 Å². The molecule has 0 radical (unpaired) electrons. The fourth-order valence-electron chi connectivity index (χ4n) is 3.10. The van der Waals surface area contributed by atoms with Gasteiger partial charge in [0.25, 0.3) is 0 Å². The van der Waals surface area contributed by atoms with Crippen LogP contribution >= 0.6 is 0 Å². The van der Waals surface area contributed by atoms with Crippen molar-refractivity contribution in [2.75, 3.05) is 26.3 Å². The molecule has 0 amide bonds. The molecule has 0 aromatic carbocycles. The van der Waals surface area contributed by atoms with Crippen LogP contribution in [0.3, 0.4) is 0 Å². The molecular weight excluding hydrogens is 224 g/mol. The maximum absolute atomic E-state index is 6.08. The number of nitrogens with zero attached hydrogens (tertiary/aromatic N) is 1. The zero-order valence-electron chi connectivity index (χ0n) is 12.1. The van der Waals surface area contributed by atoms with Crippen LogP contribution in [0.15, 0.2) is 0 Å². The van der Waals surface area contributed by atoms with E-state index in [4.69, 9.17) is 10.5 Å². The van der Waals surface area contributed by atoms with Crippen molar-refractivity contribution in [3.05, 3.63) is 0 Å². The molecule has 1 heterocycles. The molecule has 1 aliphatic carbocycles. The Morgan fingerprint density at radius 3 is 2.56 bits per heavy atom. The lowest BCUT2D eigenvalue weighted by atomic mass is 9.92. The molecule has 1 aliphatic heterocycles. The summed E-state index contributed by atoms with van der Waals surface area (Å²) in [5.74, 6) is 1.45. The Bertz CT molecular complexity index is 235. The van der Waals surface area contributed by atoms with Crippen molar-refractivity contribution < 1.29 is 4.74 Å². The van der Waals surface area contributed by atoms with Gasteiger partial charge < -0.3 is 10.5 Å². The topological polar surface area (TPSA) is 38.5 Å². The number of hydrogen-bond donors (Lipinski definition) is 1. The Balaban J connectivity index is 1.92. The monoisotopic (exact) mass is 254 g/mol. The van der Waals surface area contributed by atoms with Gasteiger partial charge in [0, 0.05) is 25.2 Å². The van der Waals surface area contributed by atoms with Gasteiger partial charge in [0.1, 0.15) is 0 Å². The summed E-state index contributed by atoms with van der Waals surface area (Å²) in [5, 5.41) is 0. The molecule has 2 aliphatic rings. The molecule has 3 heteroatoms. The third kappa shape index (κ3) is 3.94. The van der Waals surface area contributed by atoms with Gasteiger partial charge in [-0.3, -0.25) is 4.90 Å². The van der Waals surface area contributed by atoms with Crippen LogP contribution in [0.1, 0.15) is 46.0 Å². The molecule has 1 saturated heterocycles. The lowest BCUT2D eigenvalue weighted by Gasteiger charge is -2.38. The molecule has 18 heavy (non-hydrogen) atoms. The smallest absolute Gasteiger partial charge is 0.0509 e. The highest BCUT2D eigenvalue weighted by atomic mass is 16.5. The second-order valence-electron chi connectivity index (χ2n) is 6.43. The maximum atomic E-state index is 6.08. The highest BCUT2D eigenvalue weighted by Crippen LogP contribution is 2.33. The van der Waals surface area contributed by atoms with Gasteiger partial charge in [-0.2, -0.15) is 0 Å². The standard InChI is InChI=1S/C15H30N2O/c1-12(2)7-8-17(14-5-6-14)15(10-16)13-4-3-9-18-11-13/h12-15H,3-11,16H2,1-2H3. The average Bonchev–Trinajstić information content (AvgIpc) is 3.19. The Morgan fingerprint density at radius 2 is 2.06 bits per heavy atom. The van der Waals surface area contributed by atoms with E-state index in [1.807, 2.05) is 0 Å². The van der Waals surface area contributed by atoms with Crippen molar-refractivity contribution in [3.8, 4) is 0 Å². The second kappa shape index (κ2) is 6.88. The molecule has 2 atom stereocenters. The summed E-state index contributed by atoms with van der Waals surface area (Å²) in [4.78, 5) is 2.71. The lowest BCUT2D eigenvalue weighted by molar-refractivity contribution is 0.00772. The summed E-state index contributed by atoms with van der Waals surface area (Å²) in [6, 6.07) is 1.37. The van der Waals surface area contributed by atoms with E-state index in [9.17, 15) is 0 Å². The Kier molecular flexibility index (Phi) is 5.46. The molecule has 2 N–H and O–H groups in total. The quantitative estimate of drug-likeness (QED) is 0.757. The summed E-state index contributed by atoms with van der Waals surface area (Å²) in [5.41, 5.74) is 6.08. The van der Waals surface area contributed by atoms with Gasteiger partial charge >= 0.3 is 0 Å². The van der Waals surface area contributed by atoms with Crippen molar-refractivity contribution in [2.24, 2.45) is 17.6 Å². The zero-order valence-corrected chi connectivity index (χ0v) is 12.1. The van der Waals surface area contributed by atoms with E-state index in [-0.39, 0.29) is 0 Å². The van der Waals surface area contributed by atoms with Crippen LogP contribution in [-0.4, -0.2) is 43.3 Å². The van der Waals surface area contributed by atoms with E-state index in [1.165, 1.54) is 38.6 Å². The minimum absolute atomic E-state index is 0.552. The Labute approximate surface area is 112 Å². The Morgan fingerprint density at radius 1 is 1.28 bits per heavy atom. The fraction of sp³-hybridized carbons (Fsp3) is 1.00. The average molecular weight is 254 g/mol. The minimum atomic E-state index is 0.552. The van der Waals surface area contributed by atoms with Crippen molar-refractivity contribution in [1.29, 1.82) is 0 Å². The highest BCUT2D eigenvalue weighted by Gasteiger charge is 2.37. The normalized spacial score (nSPS) is 26.8. The molecule has 2 rings (SSSR count). The van der Waals surface area contributed by atoms with E-state index >= 15 is 0 Å². The largest absolute Gasteiger partial charge is 0.381 e. The van der Waals surface area contributed by atoms with Crippen LogP contribution in [-0.2, 0) is 4.74 Å². The van der Waals surface area contributed by atoms with Crippen molar-refractivity contribution in [1.82, 2.24) is 4.90 Å². The molecule has 106 valence electrons. The summed E-state index contributed by atoms with van der Waals surface area (Å²) in [6.07, 6.45) is 6.56. The minimum Gasteiger partial charge on any atom is -0.381 e. The molecule has 0 aromatic heterocycles. The number of rotatable bonds is 7. The van der Waals surface area contributed by atoms with Gasteiger partial charge in [-0.1, -0.05) is 13.8 Å². The van der Waals surface area contributed by atoms with Crippen LogP contribution in [0.25, 0.3) is 0 Å². The van der Waals surface area contributed by atoms with Crippen molar-refractivity contribution in [3.63, 3.8) is 0 Å². The van der Waals surface area contributed by atoms with E-state index in [2.05, 4.69) is 18.7 Å². The number of hydrogen-bond acceptors (Lipinski definition) is 3. The first kappa shape index (κ1) is 14.3. The molecule has 2 unspecified atom stereocenters. The number of ether oxygens (including phenoxy) is 1. The van der Waals surface area contributed by atoms with Crippen molar-refractivity contribution in [2.45, 2.75) is 58.0 Å². The summed E-state index contributed by atoms with van der Waals surface area (Å²) in [7, 11) is 0. The zero-order chi connectivity index (χ0) is 13.0. The summed E-state index contributed by atoms with van der Waals surface area (Å²) < 4.78 is 5.66. The third-order valence-electron chi connectivity index (χ3n) is 4.39. The van der Waals surface area contributed by atoms with Crippen LogP contribution in [0.4, 0.5) is 0 Å². The van der Waals surface area contributed by atoms with Crippen LogP contribution in [0, 0.1) is 11.8 Å². The second-order valence-corrected chi connectivity index (χ2v) is 6.43. The first-order chi connectivity index (χ1) is 8.72. The third-order valence-corrected chi connectivity index (χ3v) is 4.39. The molecule has 1 saturated carbocycles. The molecule has 0 aromatic rings. The molecular formula is C15H30N2O. The maximum Gasteiger partial charge on any atom is 0.0509 e. The van der Waals surface area contributed by atoms with Crippen molar-refractivity contribution >= 4 is 0 Å². The molecule has 0 bridgehead atoms. The first-order valence-electron chi connectivity index (χ1n) is 7.76. The molecule has 0 spiro atoms. The van der Waals surface area contributed by atoms with Gasteiger partial charge in [-0.15, -0.1) is 0 Å². The van der Waals surface area contributed by atoms with Gasteiger partial charge in [-0.25, -0.2) is 0 Å². The summed E-state index contributed by atoms with van der Waals surface area (Å²) in [6.45, 7) is 8.51. The van der Waals surface area contributed by atoms with Gasteiger partial charge in [-0.05, 0) is 50.5 Å². The van der Waals surface area contributed by atoms with E-state index in [0.717, 1.165) is 31.7 Å². The highest BCUT2D eigenvalue weighted by molar-refractivity contribution is 4.92. The SMILES string of the molecule is CC(C)CCN(C1CC1)C(CN)C1CCCOC1. The van der Waals surface area contributed by atoms with E-state index in [0.29, 0.717) is 12.0 Å². The van der Waals surface area contributed by atoms with Crippen LogP contribution in [0.2, 0.25) is 0 Å².